The van der Waals surface area contributed by atoms with Crippen molar-refractivity contribution in [2.24, 2.45) is 0 Å². The van der Waals surface area contributed by atoms with E-state index in [0.717, 1.165) is 24.5 Å². The van der Waals surface area contributed by atoms with E-state index in [-0.39, 0.29) is 0 Å². The Hall–Kier alpha value is -1.97. The van der Waals surface area contributed by atoms with Crippen molar-refractivity contribution < 1.29 is 4.74 Å². The lowest BCUT2D eigenvalue weighted by Gasteiger charge is -2.07. The van der Waals surface area contributed by atoms with Crippen LogP contribution >= 0.6 is 0 Å². The number of nitrogens with zero attached hydrogens (tertiary/aromatic N) is 2. The Bertz CT molecular complexity index is 520. The van der Waals surface area contributed by atoms with Crippen molar-refractivity contribution in [3.63, 3.8) is 0 Å². The minimum absolute atomic E-state index is 0.771. The van der Waals surface area contributed by atoms with Crippen LogP contribution in [-0.4, -0.2) is 16.9 Å². The van der Waals surface area contributed by atoms with Gasteiger partial charge in [-0.1, -0.05) is 12.1 Å². The van der Waals surface area contributed by atoms with Crippen molar-refractivity contribution in [3.05, 3.63) is 41.7 Å². The highest BCUT2D eigenvalue weighted by Gasteiger charge is 2.04. The zero-order chi connectivity index (χ0) is 13.0. The number of hydrogen-bond acceptors (Lipinski definition) is 3. The molecule has 0 amide bonds. The predicted octanol–water partition coefficient (Wildman–Crippen LogP) is 2.83. The molecule has 0 aliphatic rings. The Morgan fingerprint density at radius 1 is 1.39 bits per heavy atom. The Morgan fingerprint density at radius 2 is 2.22 bits per heavy atom. The van der Waals surface area contributed by atoms with Crippen molar-refractivity contribution in [1.29, 1.82) is 0 Å². The van der Waals surface area contributed by atoms with Crippen LogP contribution in [0.2, 0.25) is 0 Å². The van der Waals surface area contributed by atoms with Crippen LogP contribution in [0.3, 0.4) is 0 Å². The number of benzene rings is 1. The average Bonchev–Trinajstić information content (AvgIpc) is 2.77. The van der Waals surface area contributed by atoms with Gasteiger partial charge >= 0.3 is 0 Å². The summed E-state index contributed by atoms with van der Waals surface area (Å²) in [5, 5.41) is 7.71. The maximum atomic E-state index is 5.21. The molecule has 4 heteroatoms. The molecule has 1 heterocycles. The van der Waals surface area contributed by atoms with Crippen molar-refractivity contribution in [1.82, 2.24) is 9.78 Å². The minimum atomic E-state index is 0.771. The van der Waals surface area contributed by atoms with Gasteiger partial charge in [0.25, 0.3) is 0 Å². The van der Waals surface area contributed by atoms with Crippen LogP contribution < -0.4 is 10.1 Å². The fourth-order valence-electron chi connectivity index (χ4n) is 1.92. The maximum Gasteiger partial charge on any atom is 0.119 e. The number of ether oxygens (including phenoxy) is 1. The molecule has 2 rings (SSSR count). The molecule has 0 saturated carbocycles. The van der Waals surface area contributed by atoms with Gasteiger partial charge in [-0.2, -0.15) is 5.10 Å². The molecule has 2 aromatic rings. The van der Waals surface area contributed by atoms with Crippen molar-refractivity contribution >= 4 is 5.69 Å². The lowest BCUT2D eigenvalue weighted by Crippen LogP contribution is -2.02. The monoisotopic (exact) mass is 245 g/mol. The van der Waals surface area contributed by atoms with E-state index >= 15 is 0 Å². The van der Waals surface area contributed by atoms with Crippen molar-refractivity contribution in [3.8, 4) is 5.75 Å². The van der Waals surface area contributed by atoms with Crippen LogP contribution in [0, 0.1) is 6.92 Å². The molecule has 0 fully saturated rings. The predicted molar refractivity (Wildman–Crippen MR) is 73.0 cm³/mol. The van der Waals surface area contributed by atoms with E-state index in [1.54, 1.807) is 7.11 Å². The highest BCUT2D eigenvalue weighted by atomic mass is 16.5. The largest absolute Gasteiger partial charge is 0.497 e. The SMILES string of the molecule is CCn1ncc(NCc2cccc(OC)c2)c1C. The molecule has 0 radical (unpaired) electrons. The van der Waals surface area contributed by atoms with Gasteiger partial charge in [0.05, 0.1) is 24.7 Å². The van der Waals surface area contributed by atoms with Crippen LogP contribution in [0.4, 0.5) is 5.69 Å². The van der Waals surface area contributed by atoms with E-state index in [1.807, 2.05) is 29.1 Å². The van der Waals surface area contributed by atoms with Gasteiger partial charge in [-0.15, -0.1) is 0 Å². The third-order valence-electron chi connectivity index (χ3n) is 3.02. The van der Waals surface area contributed by atoms with Crippen molar-refractivity contribution in [2.75, 3.05) is 12.4 Å². The number of anilines is 1. The molecule has 4 nitrogen and oxygen atoms in total. The summed E-state index contributed by atoms with van der Waals surface area (Å²) in [7, 11) is 1.68. The number of aryl methyl sites for hydroxylation is 1. The number of methoxy groups -OCH3 is 1. The fraction of sp³-hybridized carbons (Fsp3) is 0.357. The summed E-state index contributed by atoms with van der Waals surface area (Å²) in [5.41, 5.74) is 3.44. The Morgan fingerprint density at radius 3 is 2.89 bits per heavy atom. The topological polar surface area (TPSA) is 39.1 Å². The second-order valence-corrected chi connectivity index (χ2v) is 4.16. The Labute approximate surface area is 108 Å². The van der Waals surface area contributed by atoms with E-state index in [1.165, 1.54) is 11.3 Å². The van der Waals surface area contributed by atoms with E-state index < -0.39 is 0 Å². The lowest BCUT2D eigenvalue weighted by atomic mass is 10.2. The highest BCUT2D eigenvalue weighted by molar-refractivity contribution is 5.46. The lowest BCUT2D eigenvalue weighted by molar-refractivity contribution is 0.414. The van der Waals surface area contributed by atoms with E-state index in [9.17, 15) is 0 Å². The number of rotatable bonds is 5. The second-order valence-electron chi connectivity index (χ2n) is 4.16. The van der Waals surface area contributed by atoms with E-state index in [0.29, 0.717) is 0 Å². The van der Waals surface area contributed by atoms with Gasteiger partial charge in [-0.05, 0) is 31.5 Å². The van der Waals surface area contributed by atoms with E-state index in [4.69, 9.17) is 4.74 Å². The first-order valence-corrected chi connectivity index (χ1v) is 6.13. The molecule has 0 saturated heterocycles. The van der Waals surface area contributed by atoms with Gasteiger partial charge in [0.1, 0.15) is 5.75 Å². The number of hydrogen-bond donors (Lipinski definition) is 1. The van der Waals surface area contributed by atoms with Gasteiger partial charge in [-0.25, -0.2) is 0 Å². The molecule has 0 unspecified atom stereocenters. The normalized spacial score (nSPS) is 10.4. The third kappa shape index (κ3) is 2.64. The van der Waals surface area contributed by atoms with Crippen LogP contribution in [0.5, 0.6) is 5.75 Å². The summed E-state index contributed by atoms with van der Waals surface area (Å²) < 4.78 is 7.19. The van der Waals surface area contributed by atoms with Gasteiger partial charge in [-0.3, -0.25) is 4.68 Å². The summed E-state index contributed by atoms with van der Waals surface area (Å²) in [6, 6.07) is 8.06. The zero-order valence-electron chi connectivity index (χ0n) is 11.1. The molecular formula is C14H19N3O. The quantitative estimate of drug-likeness (QED) is 0.880. The van der Waals surface area contributed by atoms with Gasteiger partial charge in [0, 0.05) is 13.1 Å². The molecule has 1 aromatic heterocycles. The molecule has 18 heavy (non-hydrogen) atoms. The third-order valence-corrected chi connectivity index (χ3v) is 3.02. The molecule has 1 aromatic carbocycles. The van der Waals surface area contributed by atoms with Crippen LogP contribution in [0.15, 0.2) is 30.5 Å². The van der Waals surface area contributed by atoms with Gasteiger partial charge in [0.2, 0.25) is 0 Å². The standard InChI is InChI=1S/C14H19N3O/c1-4-17-11(2)14(10-16-17)15-9-12-6-5-7-13(8-12)18-3/h5-8,10,15H,4,9H2,1-3H3. The maximum absolute atomic E-state index is 5.21. The molecule has 0 aliphatic heterocycles. The van der Waals surface area contributed by atoms with E-state index in [2.05, 4.69) is 30.3 Å². The highest BCUT2D eigenvalue weighted by Crippen LogP contribution is 2.17. The first-order valence-electron chi connectivity index (χ1n) is 6.13. The minimum Gasteiger partial charge on any atom is -0.497 e. The Balaban J connectivity index is 2.04. The summed E-state index contributed by atoms with van der Waals surface area (Å²) >= 11 is 0. The van der Waals surface area contributed by atoms with Crippen LogP contribution in [0.1, 0.15) is 18.2 Å². The van der Waals surface area contributed by atoms with Crippen molar-refractivity contribution in [2.45, 2.75) is 26.9 Å². The van der Waals surface area contributed by atoms with Gasteiger partial charge < -0.3 is 10.1 Å². The second kappa shape index (κ2) is 5.58. The Kier molecular flexibility index (Phi) is 3.87. The van der Waals surface area contributed by atoms with Crippen LogP contribution in [0.25, 0.3) is 0 Å². The first kappa shape index (κ1) is 12.5. The first-order chi connectivity index (χ1) is 8.74. The molecule has 96 valence electrons. The molecule has 0 atom stereocenters. The van der Waals surface area contributed by atoms with Gasteiger partial charge in [0.15, 0.2) is 0 Å². The summed E-state index contributed by atoms with van der Waals surface area (Å²) in [6.45, 7) is 5.83. The average molecular weight is 245 g/mol. The number of aromatic nitrogens is 2. The molecule has 0 aliphatic carbocycles. The number of nitrogens with one attached hydrogen (secondary N) is 1. The molecular weight excluding hydrogens is 226 g/mol. The fourth-order valence-corrected chi connectivity index (χ4v) is 1.92. The zero-order valence-corrected chi connectivity index (χ0v) is 11.1. The smallest absolute Gasteiger partial charge is 0.119 e. The van der Waals surface area contributed by atoms with Crippen LogP contribution in [-0.2, 0) is 13.1 Å². The summed E-state index contributed by atoms with van der Waals surface area (Å²) in [5.74, 6) is 0.885. The summed E-state index contributed by atoms with van der Waals surface area (Å²) in [4.78, 5) is 0. The molecule has 1 N–H and O–H groups in total. The summed E-state index contributed by atoms with van der Waals surface area (Å²) in [6.07, 6.45) is 1.87. The molecule has 0 bridgehead atoms. The molecule has 0 spiro atoms.